The van der Waals surface area contributed by atoms with Crippen molar-refractivity contribution in [3.63, 3.8) is 0 Å². The Labute approximate surface area is 104 Å². The molecule has 0 aromatic rings. The first-order valence-corrected chi connectivity index (χ1v) is 4.80. The normalized spacial score (nSPS) is 11.8. The SMILES string of the molecule is CCCCCC(I)C(=O)O.[NaH]. The molecule has 0 aromatic carbocycles. The summed E-state index contributed by atoms with van der Waals surface area (Å²) in [7, 11) is 0. The van der Waals surface area contributed by atoms with Gasteiger partial charge in [-0.25, -0.2) is 0 Å². The van der Waals surface area contributed by atoms with E-state index in [1.807, 2.05) is 22.6 Å². The zero-order chi connectivity index (χ0) is 7.98. The van der Waals surface area contributed by atoms with Crippen LogP contribution in [0.2, 0.25) is 0 Å². The summed E-state index contributed by atoms with van der Waals surface area (Å²) in [6.45, 7) is 2.11. The van der Waals surface area contributed by atoms with E-state index in [1.165, 1.54) is 0 Å². The van der Waals surface area contributed by atoms with E-state index in [0.29, 0.717) is 0 Å². The molecule has 0 saturated carbocycles. The Kier molecular flexibility index (Phi) is 12.4. The molecule has 11 heavy (non-hydrogen) atoms. The maximum absolute atomic E-state index is 10.3. The third-order valence-corrected chi connectivity index (χ3v) is 2.48. The van der Waals surface area contributed by atoms with Crippen molar-refractivity contribution in [1.82, 2.24) is 0 Å². The number of unbranched alkanes of at least 4 members (excludes halogenated alkanes) is 2. The van der Waals surface area contributed by atoms with E-state index in [0.717, 1.165) is 25.7 Å². The number of hydrogen-bond acceptors (Lipinski definition) is 1. The van der Waals surface area contributed by atoms with Gasteiger partial charge in [0.25, 0.3) is 0 Å². The van der Waals surface area contributed by atoms with Crippen molar-refractivity contribution in [2.45, 2.75) is 36.5 Å². The first-order valence-electron chi connectivity index (χ1n) is 3.55. The minimum absolute atomic E-state index is 0. The molecular formula is C7H14INaO2. The van der Waals surface area contributed by atoms with Gasteiger partial charge in [-0.2, -0.15) is 0 Å². The van der Waals surface area contributed by atoms with Gasteiger partial charge >= 0.3 is 35.5 Å². The van der Waals surface area contributed by atoms with Crippen LogP contribution in [0, 0.1) is 0 Å². The summed E-state index contributed by atoms with van der Waals surface area (Å²) in [5, 5.41) is 8.47. The predicted molar refractivity (Wildman–Crippen MR) is 56.7 cm³/mol. The Bertz CT molecular complexity index is 109. The van der Waals surface area contributed by atoms with Gasteiger partial charge in [0.1, 0.15) is 3.92 Å². The molecule has 0 fully saturated rings. The molecule has 0 aliphatic carbocycles. The number of carboxylic acids is 1. The zero-order valence-corrected chi connectivity index (χ0v) is 8.30. The average molecular weight is 280 g/mol. The number of alkyl halides is 1. The van der Waals surface area contributed by atoms with Gasteiger partial charge in [-0.1, -0.05) is 48.8 Å². The molecule has 4 heteroatoms. The molecule has 1 atom stereocenters. The fraction of sp³-hybridized carbons (Fsp3) is 0.857. The van der Waals surface area contributed by atoms with Gasteiger partial charge in [-0.3, -0.25) is 4.79 Å². The molecule has 62 valence electrons. The van der Waals surface area contributed by atoms with Gasteiger partial charge in [-0.05, 0) is 6.42 Å². The van der Waals surface area contributed by atoms with Crippen molar-refractivity contribution in [2.24, 2.45) is 0 Å². The predicted octanol–water partition coefficient (Wildman–Crippen LogP) is 1.81. The van der Waals surface area contributed by atoms with Gasteiger partial charge in [0.15, 0.2) is 0 Å². The van der Waals surface area contributed by atoms with E-state index in [9.17, 15) is 4.79 Å². The number of rotatable bonds is 5. The third-order valence-electron chi connectivity index (χ3n) is 1.33. The van der Waals surface area contributed by atoms with Gasteiger partial charge in [0.05, 0.1) is 0 Å². The van der Waals surface area contributed by atoms with Crippen LogP contribution >= 0.6 is 22.6 Å². The van der Waals surface area contributed by atoms with Crippen LogP contribution in [0.3, 0.4) is 0 Å². The quantitative estimate of drug-likeness (QED) is 0.361. The van der Waals surface area contributed by atoms with Crippen molar-refractivity contribution in [3.8, 4) is 0 Å². The van der Waals surface area contributed by atoms with E-state index >= 15 is 0 Å². The standard InChI is InChI=1S/C7H13IO2.Na.H/c1-2-3-4-5-6(8)7(9)10;;/h6H,2-5H2,1H3,(H,9,10);;. The summed E-state index contributed by atoms with van der Waals surface area (Å²) in [4.78, 5) is 10.3. The van der Waals surface area contributed by atoms with E-state index in [-0.39, 0.29) is 33.5 Å². The van der Waals surface area contributed by atoms with Crippen LogP contribution in [0.25, 0.3) is 0 Å². The number of carbonyl (C=O) groups is 1. The molecule has 0 aromatic heterocycles. The Morgan fingerprint density at radius 3 is 2.45 bits per heavy atom. The Balaban J connectivity index is 0. The number of aliphatic carboxylic acids is 1. The molecule has 0 saturated heterocycles. The number of carboxylic acid groups (broad SMARTS) is 1. The molecule has 1 unspecified atom stereocenters. The summed E-state index contributed by atoms with van der Waals surface area (Å²) in [5.41, 5.74) is 0. The molecule has 2 nitrogen and oxygen atoms in total. The Morgan fingerprint density at radius 2 is 2.09 bits per heavy atom. The van der Waals surface area contributed by atoms with Crippen LogP contribution in [-0.4, -0.2) is 44.6 Å². The fourth-order valence-corrected chi connectivity index (χ4v) is 1.14. The topological polar surface area (TPSA) is 37.3 Å². The molecule has 0 spiro atoms. The molecule has 1 N–H and O–H groups in total. The second-order valence-corrected chi connectivity index (χ2v) is 3.81. The first kappa shape index (κ1) is 14.7. The molecule has 0 bridgehead atoms. The van der Waals surface area contributed by atoms with E-state index in [2.05, 4.69) is 6.92 Å². The zero-order valence-electron chi connectivity index (χ0n) is 6.14. The second kappa shape index (κ2) is 9.29. The molecule has 0 heterocycles. The molecular weight excluding hydrogens is 266 g/mol. The van der Waals surface area contributed by atoms with Gasteiger partial charge in [-0.15, -0.1) is 0 Å². The molecule has 0 aliphatic heterocycles. The van der Waals surface area contributed by atoms with Crippen molar-refractivity contribution in [2.75, 3.05) is 0 Å². The van der Waals surface area contributed by atoms with Gasteiger partial charge in [0.2, 0.25) is 0 Å². The van der Waals surface area contributed by atoms with Crippen molar-refractivity contribution in [3.05, 3.63) is 0 Å². The molecule has 0 amide bonds. The molecule has 0 radical (unpaired) electrons. The fourth-order valence-electron chi connectivity index (χ4n) is 0.697. The summed E-state index contributed by atoms with van der Waals surface area (Å²) in [5.74, 6) is -0.684. The van der Waals surface area contributed by atoms with Crippen LogP contribution in [0.4, 0.5) is 0 Å². The van der Waals surface area contributed by atoms with Crippen LogP contribution < -0.4 is 0 Å². The summed E-state index contributed by atoms with van der Waals surface area (Å²) in [6.07, 6.45) is 4.15. The van der Waals surface area contributed by atoms with Gasteiger partial charge in [0, 0.05) is 0 Å². The maximum atomic E-state index is 10.3. The van der Waals surface area contributed by atoms with Gasteiger partial charge < -0.3 is 5.11 Å². The molecule has 0 aliphatic rings. The van der Waals surface area contributed by atoms with Crippen molar-refractivity contribution in [1.29, 1.82) is 0 Å². The Morgan fingerprint density at radius 1 is 1.55 bits per heavy atom. The average Bonchev–Trinajstić information content (AvgIpc) is 1.88. The minimum atomic E-state index is -0.684. The monoisotopic (exact) mass is 280 g/mol. The summed E-state index contributed by atoms with van der Waals surface area (Å²) < 4.78 is -0.191. The summed E-state index contributed by atoms with van der Waals surface area (Å²) in [6, 6.07) is 0. The molecule has 0 rings (SSSR count). The number of hydrogen-bond donors (Lipinski definition) is 1. The third kappa shape index (κ3) is 9.11. The van der Waals surface area contributed by atoms with E-state index in [4.69, 9.17) is 5.11 Å². The summed E-state index contributed by atoms with van der Waals surface area (Å²) >= 11 is 1.97. The number of halogens is 1. The van der Waals surface area contributed by atoms with Crippen molar-refractivity contribution >= 4 is 58.1 Å². The Hall–Kier alpha value is 1.20. The van der Waals surface area contributed by atoms with Crippen LogP contribution in [0.15, 0.2) is 0 Å². The van der Waals surface area contributed by atoms with Crippen molar-refractivity contribution < 1.29 is 9.90 Å². The van der Waals surface area contributed by atoms with E-state index < -0.39 is 5.97 Å². The van der Waals surface area contributed by atoms with E-state index in [1.54, 1.807) is 0 Å². The van der Waals surface area contributed by atoms with Crippen LogP contribution in [-0.2, 0) is 4.79 Å². The van der Waals surface area contributed by atoms with Crippen LogP contribution in [0.5, 0.6) is 0 Å². The second-order valence-electron chi connectivity index (χ2n) is 2.30. The van der Waals surface area contributed by atoms with Crippen LogP contribution in [0.1, 0.15) is 32.6 Å². The first-order chi connectivity index (χ1) is 4.68.